The lowest BCUT2D eigenvalue weighted by Gasteiger charge is -2.19. The fourth-order valence-corrected chi connectivity index (χ4v) is 3.63. The monoisotopic (exact) mass is 475 g/mol. The van der Waals surface area contributed by atoms with Gasteiger partial charge in [0.1, 0.15) is 30.8 Å². The summed E-state index contributed by atoms with van der Waals surface area (Å²) in [5, 5.41) is 2.71. The van der Waals surface area contributed by atoms with Crippen molar-refractivity contribution in [2.24, 2.45) is 0 Å². The largest absolute Gasteiger partial charge is 0.489 e. The van der Waals surface area contributed by atoms with E-state index in [9.17, 15) is 9.59 Å². The molecule has 0 aliphatic heterocycles. The summed E-state index contributed by atoms with van der Waals surface area (Å²) in [6.45, 7) is 6.43. The molecule has 1 amide bonds. The third kappa shape index (κ3) is 8.18. The first kappa shape index (κ1) is 25.8. The van der Waals surface area contributed by atoms with Crippen LogP contribution >= 0.6 is 0 Å². The van der Waals surface area contributed by atoms with Gasteiger partial charge in [0.2, 0.25) is 5.91 Å². The molecular weight excluding hydrogens is 442 g/mol. The zero-order valence-corrected chi connectivity index (χ0v) is 20.5. The number of benzene rings is 3. The van der Waals surface area contributed by atoms with Gasteiger partial charge in [-0.25, -0.2) is 4.79 Å². The Hall–Kier alpha value is -3.80. The Balaban J connectivity index is 1.72. The Labute approximate surface area is 207 Å². The Kier molecular flexibility index (Phi) is 9.72. The SMILES string of the molecule is CCOC(=O)C(C)NC(=O)CC(C)c1ccc(OCc2ccccc2)cc1OCc1ccccc1. The number of ether oxygens (including phenoxy) is 3. The van der Waals surface area contributed by atoms with Crippen molar-refractivity contribution in [3.63, 3.8) is 0 Å². The van der Waals surface area contributed by atoms with E-state index >= 15 is 0 Å². The van der Waals surface area contributed by atoms with Crippen LogP contribution in [0.2, 0.25) is 0 Å². The van der Waals surface area contributed by atoms with Gasteiger partial charge in [-0.05, 0) is 42.5 Å². The molecule has 3 aromatic carbocycles. The maximum atomic E-state index is 12.6. The van der Waals surface area contributed by atoms with Gasteiger partial charge < -0.3 is 19.5 Å². The second-order valence-corrected chi connectivity index (χ2v) is 8.39. The van der Waals surface area contributed by atoms with E-state index in [1.807, 2.05) is 85.8 Å². The van der Waals surface area contributed by atoms with Crippen LogP contribution in [-0.2, 0) is 27.5 Å². The minimum Gasteiger partial charge on any atom is -0.489 e. The average molecular weight is 476 g/mol. The normalized spacial score (nSPS) is 12.3. The van der Waals surface area contributed by atoms with Crippen LogP contribution < -0.4 is 14.8 Å². The van der Waals surface area contributed by atoms with Gasteiger partial charge in [-0.1, -0.05) is 73.7 Å². The number of carbonyl (C=O) groups excluding carboxylic acids is 2. The molecule has 3 rings (SSSR count). The molecule has 0 spiro atoms. The number of carbonyl (C=O) groups is 2. The fourth-order valence-electron chi connectivity index (χ4n) is 3.63. The topological polar surface area (TPSA) is 73.9 Å². The molecule has 3 aromatic rings. The van der Waals surface area contributed by atoms with Crippen LogP contribution in [0.5, 0.6) is 11.5 Å². The number of nitrogens with one attached hydrogen (secondary N) is 1. The van der Waals surface area contributed by atoms with Crippen molar-refractivity contribution in [1.29, 1.82) is 0 Å². The van der Waals surface area contributed by atoms with Crippen LogP contribution in [0.25, 0.3) is 0 Å². The number of rotatable bonds is 12. The molecule has 184 valence electrons. The lowest BCUT2D eigenvalue weighted by molar-refractivity contribution is -0.146. The highest BCUT2D eigenvalue weighted by Crippen LogP contribution is 2.33. The Morgan fingerprint density at radius 2 is 1.43 bits per heavy atom. The Morgan fingerprint density at radius 3 is 2.03 bits per heavy atom. The molecule has 1 N–H and O–H groups in total. The molecule has 35 heavy (non-hydrogen) atoms. The molecule has 0 bridgehead atoms. The third-order valence-electron chi connectivity index (χ3n) is 5.51. The van der Waals surface area contributed by atoms with Crippen LogP contribution in [0.1, 0.15) is 49.8 Å². The summed E-state index contributed by atoms with van der Waals surface area (Å²) in [7, 11) is 0. The molecule has 6 nitrogen and oxygen atoms in total. The first-order chi connectivity index (χ1) is 17.0. The first-order valence-electron chi connectivity index (χ1n) is 11.9. The maximum absolute atomic E-state index is 12.6. The molecule has 0 aliphatic carbocycles. The van der Waals surface area contributed by atoms with Crippen molar-refractivity contribution >= 4 is 11.9 Å². The lowest BCUT2D eigenvalue weighted by Crippen LogP contribution is -2.39. The second kappa shape index (κ2) is 13.2. The molecule has 0 saturated heterocycles. The molecule has 0 saturated carbocycles. The first-order valence-corrected chi connectivity index (χ1v) is 11.9. The quantitative estimate of drug-likeness (QED) is 0.355. The van der Waals surface area contributed by atoms with Crippen molar-refractivity contribution < 1.29 is 23.8 Å². The fraction of sp³-hybridized carbons (Fsp3) is 0.310. The predicted molar refractivity (Wildman–Crippen MR) is 135 cm³/mol. The van der Waals surface area contributed by atoms with E-state index in [0.29, 0.717) is 24.7 Å². The average Bonchev–Trinajstić information content (AvgIpc) is 2.87. The Morgan fingerprint density at radius 1 is 0.829 bits per heavy atom. The second-order valence-electron chi connectivity index (χ2n) is 8.39. The van der Waals surface area contributed by atoms with Gasteiger partial charge in [-0.2, -0.15) is 0 Å². The lowest BCUT2D eigenvalue weighted by atomic mass is 9.96. The van der Waals surface area contributed by atoms with Gasteiger partial charge in [0.25, 0.3) is 0 Å². The molecule has 0 heterocycles. The van der Waals surface area contributed by atoms with Crippen molar-refractivity contribution in [3.05, 3.63) is 95.6 Å². The Bertz CT molecular complexity index is 1080. The summed E-state index contributed by atoms with van der Waals surface area (Å²) in [5.41, 5.74) is 3.01. The van der Waals surface area contributed by atoms with Gasteiger partial charge in [0.05, 0.1) is 6.61 Å². The van der Waals surface area contributed by atoms with E-state index in [1.54, 1.807) is 13.8 Å². The number of hydrogen-bond donors (Lipinski definition) is 1. The van der Waals surface area contributed by atoms with Crippen molar-refractivity contribution in [1.82, 2.24) is 5.32 Å². The summed E-state index contributed by atoms with van der Waals surface area (Å²) in [6.07, 6.45) is 0.204. The highest BCUT2D eigenvalue weighted by Gasteiger charge is 2.21. The molecule has 2 atom stereocenters. The minimum absolute atomic E-state index is 0.140. The molecule has 0 radical (unpaired) electrons. The number of amides is 1. The van der Waals surface area contributed by atoms with Crippen molar-refractivity contribution in [2.75, 3.05) is 6.61 Å². The van der Waals surface area contributed by atoms with Gasteiger partial charge in [0.15, 0.2) is 0 Å². The summed E-state index contributed by atoms with van der Waals surface area (Å²) in [5.74, 6) is 0.543. The summed E-state index contributed by atoms with van der Waals surface area (Å²) in [6, 6.07) is 24.9. The number of hydrogen-bond acceptors (Lipinski definition) is 5. The summed E-state index contributed by atoms with van der Waals surface area (Å²) >= 11 is 0. The van der Waals surface area contributed by atoms with Gasteiger partial charge in [0, 0.05) is 12.5 Å². The molecule has 2 unspecified atom stereocenters. The van der Waals surface area contributed by atoms with Gasteiger partial charge in [-0.15, -0.1) is 0 Å². The van der Waals surface area contributed by atoms with Crippen LogP contribution in [0.15, 0.2) is 78.9 Å². The molecular formula is C29H33NO5. The van der Waals surface area contributed by atoms with E-state index in [-0.39, 0.29) is 24.9 Å². The van der Waals surface area contributed by atoms with Crippen molar-refractivity contribution in [2.45, 2.75) is 52.4 Å². The van der Waals surface area contributed by atoms with Crippen LogP contribution in [-0.4, -0.2) is 24.5 Å². The maximum Gasteiger partial charge on any atom is 0.328 e. The molecule has 0 aromatic heterocycles. The third-order valence-corrected chi connectivity index (χ3v) is 5.51. The number of esters is 1. The predicted octanol–water partition coefficient (Wildman–Crippen LogP) is 5.41. The van der Waals surface area contributed by atoms with Crippen LogP contribution in [0.4, 0.5) is 0 Å². The molecule has 0 aliphatic rings. The summed E-state index contributed by atoms with van der Waals surface area (Å²) in [4.78, 5) is 24.4. The standard InChI is InChI=1S/C29H33NO5/c1-4-33-29(32)22(3)30-28(31)17-21(2)26-16-15-25(34-19-23-11-7-5-8-12-23)18-27(26)35-20-24-13-9-6-10-14-24/h5-16,18,21-22H,4,17,19-20H2,1-3H3,(H,30,31). The highest BCUT2D eigenvalue weighted by atomic mass is 16.5. The van der Waals surface area contributed by atoms with Gasteiger partial charge >= 0.3 is 5.97 Å². The molecule has 6 heteroatoms. The van der Waals surface area contributed by atoms with Crippen LogP contribution in [0.3, 0.4) is 0 Å². The minimum atomic E-state index is -0.697. The van der Waals surface area contributed by atoms with Gasteiger partial charge in [-0.3, -0.25) is 4.79 Å². The van der Waals surface area contributed by atoms with E-state index in [4.69, 9.17) is 14.2 Å². The van der Waals surface area contributed by atoms with Crippen LogP contribution in [0, 0.1) is 0 Å². The van der Waals surface area contributed by atoms with E-state index in [0.717, 1.165) is 16.7 Å². The van der Waals surface area contributed by atoms with Crippen molar-refractivity contribution in [3.8, 4) is 11.5 Å². The highest BCUT2D eigenvalue weighted by molar-refractivity contribution is 5.84. The zero-order valence-electron chi connectivity index (χ0n) is 20.5. The molecule has 0 fully saturated rings. The zero-order chi connectivity index (χ0) is 25.0. The smallest absolute Gasteiger partial charge is 0.328 e. The van der Waals surface area contributed by atoms with E-state index < -0.39 is 12.0 Å². The van der Waals surface area contributed by atoms with E-state index in [2.05, 4.69) is 5.32 Å². The van der Waals surface area contributed by atoms with E-state index in [1.165, 1.54) is 0 Å². The summed E-state index contributed by atoms with van der Waals surface area (Å²) < 4.78 is 17.1.